The smallest absolute Gasteiger partial charge is 0.228 e. The molecule has 0 spiro atoms. The van der Waals surface area contributed by atoms with Crippen LogP contribution >= 0.6 is 0 Å². The maximum Gasteiger partial charge on any atom is 0.228 e. The first-order valence-corrected chi connectivity index (χ1v) is 18.4. The minimum absolute atomic E-state index is 0.0570. The molecule has 0 radical (unpaired) electrons. The van der Waals surface area contributed by atoms with Crippen molar-refractivity contribution >= 4 is 11.6 Å². The lowest BCUT2D eigenvalue weighted by molar-refractivity contribution is -0.121. The zero-order chi connectivity index (χ0) is 37.0. The van der Waals surface area contributed by atoms with Crippen LogP contribution in [0.3, 0.4) is 0 Å². The Morgan fingerprint density at radius 2 is 0.918 bits per heavy atom. The van der Waals surface area contributed by atoms with Gasteiger partial charge in [-0.15, -0.1) is 0 Å². The van der Waals surface area contributed by atoms with Crippen molar-refractivity contribution in [2.45, 2.75) is 158 Å². The molecule has 5 heteroatoms. The molecular formula is C44H68O5. The van der Waals surface area contributed by atoms with Crippen LogP contribution in [0.15, 0.2) is 92.6 Å². The van der Waals surface area contributed by atoms with Crippen LogP contribution in [0.1, 0.15) is 152 Å². The molecule has 1 atom stereocenters. The second kappa shape index (κ2) is 23.3. The molecule has 1 rings (SSSR count). The molecule has 5 nitrogen and oxygen atoms in total. The van der Waals surface area contributed by atoms with Gasteiger partial charge in [0, 0.05) is 11.1 Å². The number of aliphatic hydroxyl groups is 1. The summed E-state index contributed by atoms with van der Waals surface area (Å²) in [6.07, 6.45) is 27.2. The second-order valence-electron chi connectivity index (χ2n) is 14.6. The quantitative estimate of drug-likeness (QED) is 0.0861. The third-order valence-corrected chi connectivity index (χ3v) is 9.40. The van der Waals surface area contributed by atoms with Crippen molar-refractivity contribution < 1.29 is 24.2 Å². The lowest BCUT2D eigenvalue weighted by Gasteiger charge is -2.25. The van der Waals surface area contributed by atoms with Crippen molar-refractivity contribution in [2.75, 3.05) is 14.2 Å². The highest BCUT2D eigenvalue weighted by Gasteiger charge is 2.35. The Morgan fingerprint density at radius 1 is 0.571 bits per heavy atom. The molecule has 1 N–H and O–H groups in total. The molecule has 0 fully saturated rings. The van der Waals surface area contributed by atoms with Crippen LogP contribution in [0, 0.1) is 0 Å². The lowest BCUT2D eigenvalue weighted by Crippen LogP contribution is -2.28. The normalized spacial score (nSPS) is 16.8. The van der Waals surface area contributed by atoms with Crippen LogP contribution in [0.25, 0.3) is 0 Å². The Hall–Kier alpha value is -3.18. The van der Waals surface area contributed by atoms with Gasteiger partial charge in [-0.3, -0.25) is 9.59 Å². The lowest BCUT2D eigenvalue weighted by atomic mass is 9.85. The average Bonchev–Trinajstić information content (AvgIpc) is 3.02. The molecule has 0 aromatic rings. The van der Waals surface area contributed by atoms with Gasteiger partial charge >= 0.3 is 0 Å². The number of Topliss-reactive ketones (excluding diaryl/α,β-unsaturated/α-hetero) is 2. The third-order valence-electron chi connectivity index (χ3n) is 9.40. The topological polar surface area (TPSA) is 72.8 Å². The molecule has 1 aliphatic carbocycles. The number of hydrogen-bond donors (Lipinski definition) is 1. The number of hydrogen-bond acceptors (Lipinski definition) is 5. The molecule has 49 heavy (non-hydrogen) atoms. The first kappa shape index (κ1) is 43.8. The molecule has 0 heterocycles. The fourth-order valence-electron chi connectivity index (χ4n) is 5.93. The van der Waals surface area contributed by atoms with E-state index in [9.17, 15) is 14.7 Å². The summed E-state index contributed by atoms with van der Waals surface area (Å²) in [4.78, 5) is 25.5. The van der Waals surface area contributed by atoms with Gasteiger partial charge in [0.15, 0.2) is 0 Å². The van der Waals surface area contributed by atoms with Gasteiger partial charge in [0.1, 0.15) is 0 Å². The number of carbonyl (C=O) groups excluding carboxylic acids is 2. The van der Waals surface area contributed by atoms with Crippen LogP contribution in [0.2, 0.25) is 0 Å². The van der Waals surface area contributed by atoms with Crippen molar-refractivity contribution in [1.82, 2.24) is 0 Å². The largest absolute Gasteiger partial charge is 0.489 e. The number of ether oxygens (including phenoxy) is 2. The summed E-state index contributed by atoms with van der Waals surface area (Å²) < 4.78 is 10.3. The fourth-order valence-corrected chi connectivity index (χ4v) is 5.93. The van der Waals surface area contributed by atoms with E-state index in [1.807, 2.05) is 0 Å². The van der Waals surface area contributed by atoms with E-state index >= 15 is 0 Å². The Morgan fingerprint density at radius 3 is 1.29 bits per heavy atom. The predicted molar refractivity (Wildman–Crippen MR) is 207 cm³/mol. The SMILES string of the molecule is COC1=C(OC)C(=O)C(CCC(C)(O)CC/C=C(\C)CC/C=C(\C)CC/C=C(\C)CC/C=C(\C)CC/C=C(\C)CCC=C(C)C)=C(C)C1=O. The minimum Gasteiger partial charge on any atom is -0.489 e. The summed E-state index contributed by atoms with van der Waals surface area (Å²) >= 11 is 0. The van der Waals surface area contributed by atoms with Crippen molar-refractivity contribution in [3.05, 3.63) is 92.6 Å². The van der Waals surface area contributed by atoms with Crippen LogP contribution in [-0.2, 0) is 19.1 Å². The Balaban J connectivity index is 2.38. The van der Waals surface area contributed by atoms with Gasteiger partial charge < -0.3 is 14.6 Å². The van der Waals surface area contributed by atoms with E-state index < -0.39 is 5.60 Å². The van der Waals surface area contributed by atoms with Crippen molar-refractivity contribution in [1.29, 1.82) is 0 Å². The van der Waals surface area contributed by atoms with Crippen molar-refractivity contribution in [3.63, 3.8) is 0 Å². The summed E-state index contributed by atoms with van der Waals surface area (Å²) in [5, 5.41) is 11.0. The summed E-state index contributed by atoms with van der Waals surface area (Å²) in [6, 6.07) is 0. The molecule has 0 amide bonds. The summed E-state index contributed by atoms with van der Waals surface area (Å²) in [6.45, 7) is 18.9. The summed E-state index contributed by atoms with van der Waals surface area (Å²) in [7, 11) is 2.71. The first-order chi connectivity index (χ1) is 23.1. The van der Waals surface area contributed by atoms with E-state index in [0.29, 0.717) is 30.4 Å². The second-order valence-corrected chi connectivity index (χ2v) is 14.6. The number of ketones is 2. The van der Waals surface area contributed by atoms with Crippen molar-refractivity contribution in [3.8, 4) is 0 Å². The number of allylic oxidation sites excluding steroid dienone is 14. The van der Waals surface area contributed by atoms with Crippen LogP contribution < -0.4 is 0 Å². The van der Waals surface area contributed by atoms with Crippen LogP contribution in [0.5, 0.6) is 0 Å². The number of carbonyl (C=O) groups is 2. The van der Waals surface area contributed by atoms with Gasteiger partial charge in [0.25, 0.3) is 0 Å². The van der Waals surface area contributed by atoms with E-state index in [1.165, 1.54) is 54.1 Å². The van der Waals surface area contributed by atoms with Crippen LogP contribution in [-0.4, -0.2) is 36.5 Å². The standard InChI is InChI=1S/C44H68O5/c1-32(2)18-12-19-33(3)20-13-21-34(4)22-14-23-35(5)24-15-25-36(6)26-16-27-37(7)28-17-30-44(9,47)31-29-39-38(8)40(45)42(48-10)43(49-11)41(39)46/h18,20,22,24,26,28,47H,12-17,19,21,23,25,27,29-31H2,1-11H3/b33-20+,34-22+,35-24+,36-26+,37-28+. The van der Waals surface area contributed by atoms with E-state index in [0.717, 1.165) is 64.2 Å². The molecule has 274 valence electrons. The van der Waals surface area contributed by atoms with E-state index in [-0.39, 0.29) is 23.1 Å². The van der Waals surface area contributed by atoms with Crippen LogP contribution in [0.4, 0.5) is 0 Å². The average molecular weight is 677 g/mol. The molecule has 0 aromatic heterocycles. The molecule has 0 aromatic carbocycles. The van der Waals surface area contributed by atoms with Gasteiger partial charge in [0.05, 0.1) is 19.8 Å². The minimum atomic E-state index is -0.953. The molecule has 0 bridgehead atoms. The molecule has 0 saturated heterocycles. The third kappa shape index (κ3) is 17.9. The van der Waals surface area contributed by atoms with Gasteiger partial charge in [-0.05, 0) is 152 Å². The molecule has 0 saturated carbocycles. The highest BCUT2D eigenvalue weighted by Crippen LogP contribution is 2.31. The summed E-state index contributed by atoms with van der Waals surface area (Å²) in [5.74, 6) is -0.801. The molecule has 0 aliphatic heterocycles. The van der Waals surface area contributed by atoms with Gasteiger partial charge in [0.2, 0.25) is 23.1 Å². The summed E-state index contributed by atoms with van der Waals surface area (Å²) in [5.41, 5.74) is 8.42. The Labute approximate surface area is 299 Å². The monoisotopic (exact) mass is 677 g/mol. The molecular weight excluding hydrogens is 608 g/mol. The fraction of sp³-hybridized carbons (Fsp3) is 0.591. The van der Waals surface area contributed by atoms with Crippen molar-refractivity contribution in [2.24, 2.45) is 0 Å². The van der Waals surface area contributed by atoms with E-state index in [2.05, 4.69) is 84.9 Å². The van der Waals surface area contributed by atoms with E-state index in [4.69, 9.17) is 9.47 Å². The number of methoxy groups -OCH3 is 2. The molecule has 1 aliphatic rings. The zero-order valence-electron chi connectivity index (χ0n) is 32.9. The van der Waals surface area contributed by atoms with Gasteiger partial charge in [-0.2, -0.15) is 0 Å². The highest BCUT2D eigenvalue weighted by atomic mass is 16.5. The zero-order valence-corrected chi connectivity index (χ0v) is 32.9. The first-order valence-electron chi connectivity index (χ1n) is 18.4. The Kier molecular flexibility index (Phi) is 20.8. The number of rotatable bonds is 23. The maximum atomic E-state index is 12.9. The van der Waals surface area contributed by atoms with Gasteiger partial charge in [-0.1, -0.05) is 69.9 Å². The van der Waals surface area contributed by atoms with Gasteiger partial charge in [-0.25, -0.2) is 0 Å². The predicted octanol–water partition coefficient (Wildman–Crippen LogP) is 11.9. The maximum absolute atomic E-state index is 12.9. The Bertz CT molecular complexity index is 1350. The van der Waals surface area contributed by atoms with E-state index in [1.54, 1.807) is 13.8 Å². The molecule has 1 unspecified atom stereocenters. The highest BCUT2D eigenvalue weighted by molar-refractivity contribution is 6.23.